The lowest BCUT2D eigenvalue weighted by atomic mass is 9.79. The van der Waals surface area contributed by atoms with Crippen molar-refractivity contribution in [3.05, 3.63) is 40.7 Å². The summed E-state index contributed by atoms with van der Waals surface area (Å²) >= 11 is 3.03. The van der Waals surface area contributed by atoms with Gasteiger partial charge in [-0.15, -0.1) is 11.3 Å². The number of hydrogen-bond acceptors (Lipinski definition) is 5. The fourth-order valence-electron chi connectivity index (χ4n) is 2.61. The van der Waals surface area contributed by atoms with Gasteiger partial charge in [0.15, 0.2) is 5.12 Å². The van der Waals surface area contributed by atoms with Crippen LogP contribution in [0.15, 0.2) is 35.8 Å². The summed E-state index contributed by atoms with van der Waals surface area (Å²) in [6, 6.07) is 10.5. The number of thiophene rings is 1. The third-order valence-corrected chi connectivity index (χ3v) is 6.72. The molecule has 1 saturated heterocycles. The van der Waals surface area contributed by atoms with Crippen LogP contribution in [-0.2, 0) is 14.1 Å². The Labute approximate surface area is 157 Å². The van der Waals surface area contributed by atoms with E-state index >= 15 is 0 Å². The lowest BCUT2D eigenvalue weighted by molar-refractivity contribution is -0.109. The van der Waals surface area contributed by atoms with Gasteiger partial charge < -0.3 is 9.31 Å². The van der Waals surface area contributed by atoms with Gasteiger partial charge in [-0.3, -0.25) is 4.79 Å². The van der Waals surface area contributed by atoms with E-state index in [9.17, 15) is 4.79 Å². The zero-order valence-corrected chi connectivity index (χ0v) is 16.9. The Kier molecular flexibility index (Phi) is 5.17. The Morgan fingerprint density at radius 2 is 1.84 bits per heavy atom. The molecule has 0 aliphatic carbocycles. The minimum Gasteiger partial charge on any atom is -0.400 e. The standard InChI is InChI=1S/C19H23BO3S2/c1-13(21)24-12-15(20-22-18(2,3)19(4,5)23-20)11-16-10-14-8-6-7-9-17(14)25-16/h6-11H,12H2,1-5H3. The molecule has 1 aromatic heterocycles. The highest BCUT2D eigenvalue weighted by Crippen LogP contribution is 2.40. The molecule has 0 spiro atoms. The summed E-state index contributed by atoms with van der Waals surface area (Å²) < 4.78 is 13.6. The van der Waals surface area contributed by atoms with E-state index in [1.165, 1.54) is 21.8 Å². The summed E-state index contributed by atoms with van der Waals surface area (Å²) in [5.41, 5.74) is 0.209. The molecule has 1 fully saturated rings. The first-order valence-corrected chi connectivity index (χ1v) is 10.2. The van der Waals surface area contributed by atoms with E-state index in [-0.39, 0.29) is 5.12 Å². The molecule has 3 nitrogen and oxygen atoms in total. The molecule has 1 aliphatic heterocycles. The van der Waals surface area contributed by atoms with Gasteiger partial charge in [0.2, 0.25) is 0 Å². The maximum atomic E-state index is 11.5. The van der Waals surface area contributed by atoms with Crippen LogP contribution < -0.4 is 0 Å². The van der Waals surface area contributed by atoms with Crippen LogP contribution in [0.3, 0.4) is 0 Å². The Bertz CT molecular complexity index is 774. The predicted molar refractivity (Wildman–Crippen MR) is 109 cm³/mol. The Morgan fingerprint density at radius 1 is 1.20 bits per heavy atom. The van der Waals surface area contributed by atoms with E-state index in [1.807, 2.05) is 39.8 Å². The van der Waals surface area contributed by atoms with Gasteiger partial charge in [-0.1, -0.05) is 30.0 Å². The molecule has 25 heavy (non-hydrogen) atoms. The normalized spacial score (nSPS) is 19.6. The molecule has 6 heteroatoms. The summed E-state index contributed by atoms with van der Waals surface area (Å²) in [6.07, 6.45) is 2.11. The summed E-state index contributed by atoms with van der Waals surface area (Å²) in [7, 11) is -0.429. The van der Waals surface area contributed by atoms with Crippen molar-refractivity contribution in [2.45, 2.75) is 45.8 Å². The molecule has 0 atom stereocenters. The van der Waals surface area contributed by atoms with E-state index in [0.29, 0.717) is 5.75 Å². The van der Waals surface area contributed by atoms with E-state index in [4.69, 9.17) is 9.31 Å². The minimum atomic E-state index is -0.429. The second-order valence-electron chi connectivity index (χ2n) is 7.27. The van der Waals surface area contributed by atoms with Crippen LogP contribution in [0.1, 0.15) is 39.5 Å². The van der Waals surface area contributed by atoms with Crippen LogP contribution in [0.5, 0.6) is 0 Å². The van der Waals surface area contributed by atoms with Gasteiger partial charge in [-0.05, 0) is 56.8 Å². The van der Waals surface area contributed by atoms with E-state index < -0.39 is 18.3 Å². The molecule has 0 N–H and O–H groups in total. The van der Waals surface area contributed by atoms with E-state index in [0.717, 1.165) is 10.3 Å². The quantitative estimate of drug-likeness (QED) is 0.690. The van der Waals surface area contributed by atoms with Crippen LogP contribution in [-0.4, -0.2) is 29.2 Å². The van der Waals surface area contributed by atoms with Crippen molar-refractivity contribution in [2.75, 3.05) is 5.75 Å². The van der Waals surface area contributed by atoms with Gasteiger partial charge in [0, 0.05) is 22.3 Å². The Hall–Kier alpha value is -1.08. The average Bonchev–Trinajstić information content (AvgIpc) is 3.00. The minimum absolute atomic E-state index is 0.0961. The zero-order chi connectivity index (χ0) is 18.2. The average molecular weight is 374 g/mol. The lowest BCUT2D eigenvalue weighted by Crippen LogP contribution is -2.41. The molecule has 0 radical (unpaired) electrons. The first-order chi connectivity index (χ1) is 11.7. The number of rotatable bonds is 4. The van der Waals surface area contributed by atoms with Crippen LogP contribution in [0.4, 0.5) is 0 Å². The molecule has 0 bridgehead atoms. The molecule has 0 unspecified atom stereocenters. The topological polar surface area (TPSA) is 35.5 Å². The number of fused-ring (bicyclic) bond motifs is 1. The molecule has 2 heterocycles. The van der Waals surface area contributed by atoms with Crippen molar-refractivity contribution < 1.29 is 14.1 Å². The molecule has 0 amide bonds. The van der Waals surface area contributed by atoms with Crippen molar-refractivity contribution in [3.63, 3.8) is 0 Å². The summed E-state index contributed by atoms with van der Waals surface area (Å²) in [5, 5.41) is 1.32. The third kappa shape index (κ3) is 4.03. The van der Waals surface area contributed by atoms with Gasteiger partial charge in [0.1, 0.15) is 0 Å². The molecular formula is C19H23BO3S2. The molecule has 3 rings (SSSR count). The summed E-state index contributed by atoms with van der Waals surface area (Å²) in [5.74, 6) is 0.570. The first kappa shape index (κ1) is 18.7. The van der Waals surface area contributed by atoms with E-state index in [2.05, 4.69) is 24.3 Å². The molecule has 1 aromatic carbocycles. The van der Waals surface area contributed by atoms with Crippen molar-refractivity contribution in [3.8, 4) is 0 Å². The fourth-order valence-corrected chi connectivity index (χ4v) is 4.24. The maximum Gasteiger partial charge on any atom is 0.491 e. The smallest absolute Gasteiger partial charge is 0.400 e. The number of carbonyl (C=O) groups is 1. The number of hydrogen-bond donors (Lipinski definition) is 0. The van der Waals surface area contributed by atoms with Crippen molar-refractivity contribution in [2.24, 2.45) is 0 Å². The summed E-state index contributed by atoms with van der Waals surface area (Å²) in [4.78, 5) is 12.6. The van der Waals surface area contributed by atoms with Gasteiger partial charge in [-0.25, -0.2) is 0 Å². The van der Waals surface area contributed by atoms with Crippen LogP contribution in [0, 0.1) is 0 Å². The van der Waals surface area contributed by atoms with Crippen LogP contribution >= 0.6 is 23.1 Å². The lowest BCUT2D eigenvalue weighted by Gasteiger charge is -2.32. The largest absolute Gasteiger partial charge is 0.491 e. The number of benzene rings is 1. The molecule has 132 valence electrons. The van der Waals surface area contributed by atoms with Crippen LogP contribution in [0.25, 0.3) is 16.2 Å². The number of carbonyl (C=O) groups excluding carboxylic acids is 1. The number of thioether (sulfide) groups is 1. The molecular weight excluding hydrogens is 351 g/mol. The summed E-state index contributed by atoms with van der Waals surface area (Å²) in [6.45, 7) is 9.76. The van der Waals surface area contributed by atoms with Gasteiger partial charge in [0.25, 0.3) is 0 Å². The second kappa shape index (κ2) is 6.91. The van der Waals surface area contributed by atoms with Crippen molar-refractivity contribution >= 4 is 51.5 Å². The van der Waals surface area contributed by atoms with Gasteiger partial charge in [0.05, 0.1) is 11.2 Å². The highest BCUT2D eigenvalue weighted by molar-refractivity contribution is 8.13. The molecule has 2 aromatic rings. The monoisotopic (exact) mass is 374 g/mol. The fraction of sp³-hybridized carbons (Fsp3) is 0.421. The molecule has 0 saturated carbocycles. The Balaban J connectivity index is 1.93. The van der Waals surface area contributed by atoms with Gasteiger partial charge in [-0.2, -0.15) is 0 Å². The first-order valence-electron chi connectivity index (χ1n) is 8.36. The second-order valence-corrected chi connectivity index (χ2v) is 9.54. The Morgan fingerprint density at radius 3 is 2.44 bits per heavy atom. The highest BCUT2D eigenvalue weighted by atomic mass is 32.2. The maximum absolute atomic E-state index is 11.5. The van der Waals surface area contributed by atoms with E-state index in [1.54, 1.807) is 18.3 Å². The van der Waals surface area contributed by atoms with Crippen molar-refractivity contribution in [1.82, 2.24) is 0 Å². The van der Waals surface area contributed by atoms with Crippen molar-refractivity contribution in [1.29, 1.82) is 0 Å². The van der Waals surface area contributed by atoms with Crippen LogP contribution in [0.2, 0.25) is 0 Å². The third-order valence-electron chi connectivity index (χ3n) is 4.77. The van der Waals surface area contributed by atoms with Gasteiger partial charge >= 0.3 is 7.12 Å². The predicted octanol–water partition coefficient (Wildman–Crippen LogP) is 5.20. The highest BCUT2D eigenvalue weighted by Gasteiger charge is 2.52. The zero-order valence-electron chi connectivity index (χ0n) is 15.3. The molecule has 1 aliphatic rings. The SMILES string of the molecule is CC(=O)SCC(=Cc1cc2ccccc2s1)B1OC(C)(C)C(C)(C)O1.